The molecule has 106 valence electrons. The highest BCUT2D eigenvalue weighted by atomic mass is 79.9. The highest BCUT2D eigenvalue weighted by molar-refractivity contribution is 9.10. The van der Waals surface area contributed by atoms with Crippen molar-refractivity contribution in [2.75, 3.05) is 32.2 Å². The predicted molar refractivity (Wildman–Crippen MR) is 81.2 cm³/mol. The second-order valence-corrected chi connectivity index (χ2v) is 5.78. The van der Waals surface area contributed by atoms with Crippen LogP contribution in [-0.2, 0) is 17.7 Å². The maximum absolute atomic E-state index is 5.69. The molecule has 19 heavy (non-hydrogen) atoms. The Kier molecular flexibility index (Phi) is 6.44. The largest absolute Gasteiger partial charge is 0.493 e. The Hall–Kier alpha value is -0.290. The molecule has 0 saturated heterocycles. The van der Waals surface area contributed by atoms with Crippen molar-refractivity contribution in [1.29, 1.82) is 0 Å². The van der Waals surface area contributed by atoms with Gasteiger partial charge in [-0.3, -0.25) is 0 Å². The van der Waals surface area contributed by atoms with E-state index in [2.05, 4.69) is 33.4 Å². The van der Waals surface area contributed by atoms with E-state index in [1.807, 2.05) is 0 Å². The summed E-state index contributed by atoms with van der Waals surface area (Å²) in [7, 11) is 0. The predicted octanol–water partition coefficient (Wildman–Crippen LogP) is 3.12. The molecule has 3 nitrogen and oxygen atoms in total. The molecule has 0 aliphatic carbocycles. The van der Waals surface area contributed by atoms with Crippen LogP contribution >= 0.6 is 27.5 Å². The first-order valence-corrected chi connectivity index (χ1v) is 7.92. The topological polar surface area (TPSA) is 30.5 Å². The third-order valence-electron chi connectivity index (χ3n) is 3.00. The molecule has 1 aliphatic rings. The van der Waals surface area contributed by atoms with Gasteiger partial charge in [0.15, 0.2) is 0 Å². The number of ether oxygens (including phenoxy) is 2. The molecular formula is C14H19BrClNO2. The van der Waals surface area contributed by atoms with Crippen LogP contribution in [0.25, 0.3) is 0 Å². The molecule has 0 radical (unpaired) electrons. The van der Waals surface area contributed by atoms with Crippen molar-refractivity contribution >= 4 is 27.5 Å². The second kappa shape index (κ2) is 8.10. The van der Waals surface area contributed by atoms with Gasteiger partial charge in [0, 0.05) is 35.5 Å². The summed E-state index contributed by atoms with van der Waals surface area (Å²) in [5, 5.41) is 3.42. The zero-order valence-corrected chi connectivity index (χ0v) is 13.2. The molecule has 0 unspecified atom stereocenters. The van der Waals surface area contributed by atoms with Crippen molar-refractivity contribution in [3.63, 3.8) is 0 Å². The van der Waals surface area contributed by atoms with E-state index in [0.29, 0.717) is 12.5 Å². The lowest BCUT2D eigenvalue weighted by Gasteiger charge is -2.10. The van der Waals surface area contributed by atoms with Gasteiger partial charge < -0.3 is 14.8 Å². The van der Waals surface area contributed by atoms with E-state index in [-0.39, 0.29) is 0 Å². The normalized spacial score (nSPS) is 13.4. The van der Waals surface area contributed by atoms with Crippen molar-refractivity contribution in [2.24, 2.45) is 0 Å². The van der Waals surface area contributed by atoms with E-state index in [1.54, 1.807) is 0 Å². The maximum atomic E-state index is 5.69. The van der Waals surface area contributed by atoms with Gasteiger partial charge in [-0.1, -0.05) is 15.9 Å². The Morgan fingerprint density at radius 1 is 1.37 bits per heavy atom. The van der Waals surface area contributed by atoms with Gasteiger partial charge in [0.25, 0.3) is 0 Å². The summed E-state index contributed by atoms with van der Waals surface area (Å²) in [6.07, 6.45) is 2.00. The Morgan fingerprint density at radius 2 is 2.26 bits per heavy atom. The minimum atomic E-state index is 0.564. The summed E-state index contributed by atoms with van der Waals surface area (Å²) >= 11 is 9.08. The first-order chi connectivity index (χ1) is 9.31. The number of hydrogen-bond acceptors (Lipinski definition) is 3. The van der Waals surface area contributed by atoms with Gasteiger partial charge in [0.1, 0.15) is 5.75 Å². The smallest absolute Gasteiger partial charge is 0.127 e. The van der Waals surface area contributed by atoms with Crippen molar-refractivity contribution < 1.29 is 9.47 Å². The van der Waals surface area contributed by atoms with Gasteiger partial charge in [0.05, 0.1) is 13.2 Å². The van der Waals surface area contributed by atoms with Gasteiger partial charge in [-0.2, -0.15) is 0 Å². The third kappa shape index (κ3) is 4.63. The van der Waals surface area contributed by atoms with Gasteiger partial charge in [-0.15, -0.1) is 11.6 Å². The number of fused-ring (bicyclic) bond motifs is 1. The molecule has 1 heterocycles. The Bertz CT molecular complexity index is 415. The lowest BCUT2D eigenvalue weighted by molar-refractivity contribution is 0.146. The highest BCUT2D eigenvalue weighted by Crippen LogP contribution is 2.32. The van der Waals surface area contributed by atoms with Crippen LogP contribution in [0.2, 0.25) is 0 Å². The van der Waals surface area contributed by atoms with Crippen LogP contribution in [0, 0.1) is 0 Å². The molecule has 1 N–H and O–H groups in total. The van der Waals surface area contributed by atoms with E-state index in [1.165, 1.54) is 11.1 Å². The Balaban J connectivity index is 1.74. The third-order valence-corrected chi connectivity index (χ3v) is 3.62. The van der Waals surface area contributed by atoms with Crippen LogP contribution in [0.4, 0.5) is 0 Å². The zero-order chi connectivity index (χ0) is 13.5. The summed E-state index contributed by atoms with van der Waals surface area (Å²) in [5.74, 6) is 1.63. The molecule has 1 aromatic carbocycles. The van der Waals surface area contributed by atoms with Crippen molar-refractivity contribution in [1.82, 2.24) is 5.32 Å². The average molecular weight is 349 g/mol. The zero-order valence-electron chi connectivity index (χ0n) is 10.9. The summed E-state index contributed by atoms with van der Waals surface area (Å²) in [5.41, 5.74) is 2.53. The number of benzene rings is 1. The van der Waals surface area contributed by atoms with Crippen LogP contribution in [0.3, 0.4) is 0 Å². The SMILES string of the molecule is ClCCOCCCNCc1cc(Br)cc2c1OCC2. The van der Waals surface area contributed by atoms with Gasteiger partial charge >= 0.3 is 0 Å². The first-order valence-electron chi connectivity index (χ1n) is 6.60. The second-order valence-electron chi connectivity index (χ2n) is 4.48. The quantitative estimate of drug-likeness (QED) is 0.578. The molecule has 2 rings (SSSR count). The van der Waals surface area contributed by atoms with Gasteiger partial charge in [0.2, 0.25) is 0 Å². The molecule has 5 heteroatoms. The van der Waals surface area contributed by atoms with E-state index in [4.69, 9.17) is 21.1 Å². The number of hydrogen-bond donors (Lipinski definition) is 1. The summed E-state index contributed by atoms with van der Waals surface area (Å²) < 4.78 is 12.1. The van der Waals surface area contributed by atoms with E-state index in [0.717, 1.165) is 49.4 Å². The van der Waals surface area contributed by atoms with Crippen LogP contribution in [0.15, 0.2) is 16.6 Å². The number of alkyl halides is 1. The first kappa shape index (κ1) is 15.1. The van der Waals surface area contributed by atoms with Crippen LogP contribution in [0.1, 0.15) is 17.5 Å². The molecule has 0 saturated carbocycles. The molecule has 1 aliphatic heterocycles. The fraction of sp³-hybridized carbons (Fsp3) is 0.571. The molecule has 0 fully saturated rings. The van der Waals surface area contributed by atoms with E-state index >= 15 is 0 Å². The van der Waals surface area contributed by atoms with Crippen molar-refractivity contribution in [3.05, 3.63) is 27.7 Å². The summed E-state index contributed by atoms with van der Waals surface area (Å²) in [4.78, 5) is 0. The molecule has 0 aromatic heterocycles. The molecular weight excluding hydrogens is 330 g/mol. The van der Waals surface area contributed by atoms with Gasteiger partial charge in [-0.05, 0) is 30.7 Å². The molecule has 0 spiro atoms. The summed E-state index contributed by atoms with van der Waals surface area (Å²) in [6.45, 7) is 3.95. The Morgan fingerprint density at radius 3 is 3.11 bits per heavy atom. The van der Waals surface area contributed by atoms with Crippen molar-refractivity contribution in [3.8, 4) is 5.75 Å². The molecule has 0 bridgehead atoms. The fourth-order valence-electron chi connectivity index (χ4n) is 2.16. The van der Waals surface area contributed by atoms with Gasteiger partial charge in [-0.25, -0.2) is 0 Å². The summed E-state index contributed by atoms with van der Waals surface area (Å²) in [6, 6.07) is 4.27. The fourth-order valence-corrected chi connectivity index (χ4v) is 2.82. The van der Waals surface area contributed by atoms with E-state index in [9.17, 15) is 0 Å². The van der Waals surface area contributed by atoms with Crippen LogP contribution in [0.5, 0.6) is 5.75 Å². The van der Waals surface area contributed by atoms with E-state index < -0.39 is 0 Å². The maximum Gasteiger partial charge on any atom is 0.127 e. The molecule has 0 atom stereocenters. The van der Waals surface area contributed by atoms with Crippen LogP contribution < -0.4 is 10.1 Å². The highest BCUT2D eigenvalue weighted by Gasteiger charge is 2.16. The monoisotopic (exact) mass is 347 g/mol. The minimum Gasteiger partial charge on any atom is -0.493 e. The molecule has 0 amide bonds. The van der Waals surface area contributed by atoms with Crippen LogP contribution in [-0.4, -0.2) is 32.2 Å². The number of halogens is 2. The minimum absolute atomic E-state index is 0.564. The number of rotatable bonds is 8. The molecule has 1 aromatic rings. The van der Waals surface area contributed by atoms with Crippen molar-refractivity contribution in [2.45, 2.75) is 19.4 Å². The average Bonchev–Trinajstić information content (AvgIpc) is 2.85. The number of nitrogens with one attached hydrogen (secondary N) is 1. The lowest BCUT2D eigenvalue weighted by atomic mass is 10.1. The Labute approximate surface area is 127 Å². The lowest BCUT2D eigenvalue weighted by Crippen LogP contribution is -2.17. The standard InChI is InChI=1S/C14H19BrClNO2/c15-13-8-11-2-6-19-14(11)12(9-13)10-17-4-1-5-18-7-3-16/h8-9,17H,1-7,10H2.